The van der Waals surface area contributed by atoms with Gasteiger partial charge >= 0.3 is 5.97 Å². The normalized spacial score (nSPS) is 24.6. The fourth-order valence-electron chi connectivity index (χ4n) is 2.18. The van der Waals surface area contributed by atoms with Gasteiger partial charge in [-0.05, 0) is 19.9 Å². The fraction of sp³-hybridized carbons (Fsp3) is 0.615. The fourth-order valence-corrected chi connectivity index (χ4v) is 2.18. The van der Waals surface area contributed by atoms with E-state index in [1.54, 1.807) is 13.8 Å². The highest BCUT2D eigenvalue weighted by molar-refractivity contribution is 5.88. The molecule has 1 heterocycles. The molecule has 1 rings (SSSR count). The largest absolute Gasteiger partial charge is 0.475 e. The van der Waals surface area contributed by atoms with Gasteiger partial charge in [0, 0.05) is 20.0 Å². The molecule has 1 aliphatic heterocycles. The number of carbonyl (C=O) groups excluding carboxylic acids is 2. The first kappa shape index (κ1) is 17.0. The van der Waals surface area contributed by atoms with Crippen LogP contribution in [0.4, 0.5) is 0 Å². The van der Waals surface area contributed by atoms with E-state index in [1.807, 2.05) is 0 Å². The van der Waals surface area contributed by atoms with Crippen LogP contribution in [0.3, 0.4) is 0 Å². The molecule has 8 heteroatoms. The summed E-state index contributed by atoms with van der Waals surface area (Å²) in [5.74, 6) is -2.46. The zero-order chi connectivity index (χ0) is 16.2. The third-order valence-electron chi connectivity index (χ3n) is 3.24. The molecular formula is C13H21N3O5. The minimum atomic E-state index is -1.30. The number of hydrogen-bond acceptors (Lipinski definition) is 5. The molecule has 0 spiro atoms. The Kier molecular flexibility index (Phi) is 5.71. The lowest BCUT2D eigenvalue weighted by Crippen LogP contribution is -2.61. The van der Waals surface area contributed by atoms with Gasteiger partial charge in [-0.15, -0.1) is 0 Å². The van der Waals surface area contributed by atoms with E-state index >= 15 is 0 Å². The molecule has 0 fully saturated rings. The lowest BCUT2D eigenvalue weighted by Gasteiger charge is -2.36. The number of nitrogens with two attached hydrogens (primary N) is 1. The number of carboxylic acids is 1. The number of rotatable bonds is 5. The number of carboxylic acid groups (broad SMARTS) is 1. The van der Waals surface area contributed by atoms with Crippen LogP contribution in [0, 0.1) is 0 Å². The smallest absolute Gasteiger partial charge is 0.370 e. The van der Waals surface area contributed by atoms with Crippen molar-refractivity contribution in [2.24, 2.45) is 5.73 Å². The number of nitrogens with zero attached hydrogens (tertiary/aromatic N) is 1. The number of aliphatic carboxylic acids is 1. The van der Waals surface area contributed by atoms with Gasteiger partial charge in [-0.25, -0.2) is 4.79 Å². The van der Waals surface area contributed by atoms with Gasteiger partial charge in [-0.1, -0.05) is 0 Å². The molecule has 1 aliphatic rings. The average Bonchev–Trinajstić information content (AvgIpc) is 2.41. The second-order valence-corrected chi connectivity index (χ2v) is 4.69. The molecule has 2 unspecified atom stereocenters. The van der Waals surface area contributed by atoms with E-state index < -0.39 is 30.1 Å². The Morgan fingerprint density at radius 1 is 1.38 bits per heavy atom. The van der Waals surface area contributed by atoms with E-state index in [9.17, 15) is 14.4 Å². The van der Waals surface area contributed by atoms with Crippen molar-refractivity contribution < 1.29 is 24.2 Å². The molecule has 0 aromatic carbocycles. The van der Waals surface area contributed by atoms with Gasteiger partial charge in [0.05, 0.1) is 12.1 Å². The summed E-state index contributed by atoms with van der Waals surface area (Å²) in [6.07, 6.45) is 0.0366. The highest BCUT2D eigenvalue weighted by Gasteiger charge is 2.41. The van der Waals surface area contributed by atoms with E-state index in [2.05, 4.69) is 5.32 Å². The second kappa shape index (κ2) is 7.07. The molecule has 8 nitrogen and oxygen atoms in total. The Morgan fingerprint density at radius 2 is 1.95 bits per heavy atom. The minimum Gasteiger partial charge on any atom is -0.475 e. The maximum absolute atomic E-state index is 12.4. The molecule has 21 heavy (non-hydrogen) atoms. The Labute approximate surface area is 122 Å². The van der Waals surface area contributed by atoms with E-state index in [0.29, 0.717) is 13.1 Å². The average molecular weight is 299 g/mol. The first-order valence-electron chi connectivity index (χ1n) is 6.75. The van der Waals surface area contributed by atoms with Crippen LogP contribution in [0.5, 0.6) is 0 Å². The molecular weight excluding hydrogens is 278 g/mol. The predicted molar refractivity (Wildman–Crippen MR) is 74.1 cm³/mol. The van der Waals surface area contributed by atoms with E-state index in [0.717, 1.165) is 0 Å². The highest BCUT2D eigenvalue weighted by Crippen LogP contribution is 2.19. The monoisotopic (exact) mass is 299 g/mol. The lowest BCUT2D eigenvalue weighted by molar-refractivity contribution is -0.149. The van der Waals surface area contributed by atoms with Crippen LogP contribution < -0.4 is 11.1 Å². The molecule has 0 saturated carbocycles. The van der Waals surface area contributed by atoms with Gasteiger partial charge in [0.15, 0.2) is 6.10 Å². The van der Waals surface area contributed by atoms with Gasteiger partial charge in [0.2, 0.25) is 11.7 Å². The van der Waals surface area contributed by atoms with Crippen LogP contribution in [0.1, 0.15) is 20.8 Å². The van der Waals surface area contributed by atoms with Crippen molar-refractivity contribution in [1.82, 2.24) is 10.2 Å². The number of carbonyl (C=O) groups is 3. The van der Waals surface area contributed by atoms with Gasteiger partial charge in [-0.3, -0.25) is 9.59 Å². The summed E-state index contributed by atoms with van der Waals surface area (Å²) in [6, 6.07) is -1.63. The number of likely N-dealkylation sites (N-methyl/N-ethyl adjacent to an activating group) is 1. The molecule has 2 amide bonds. The summed E-state index contributed by atoms with van der Waals surface area (Å²) < 4.78 is 5.25. The Bertz CT molecular complexity index is 459. The number of ether oxygens (including phenoxy) is 1. The lowest BCUT2D eigenvalue weighted by atomic mass is 9.97. The number of hydrogen-bond donors (Lipinski definition) is 3. The van der Waals surface area contributed by atoms with Crippen molar-refractivity contribution in [2.45, 2.75) is 39.0 Å². The molecule has 0 aliphatic carbocycles. The Hall–Kier alpha value is -2.09. The zero-order valence-corrected chi connectivity index (χ0v) is 12.3. The number of nitrogens with one attached hydrogen (secondary N) is 1. The quantitative estimate of drug-likeness (QED) is 0.602. The van der Waals surface area contributed by atoms with Gasteiger partial charge < -0.3 is 25.8 Å². The van der Waals surface area contributed by atoms with Crippen molar-refractivity contribution in [3.63, 3.8) is 0 Å². The van der Waals surface area contributed by atoms with E-state index in [-0.39, 0.29) is 11.7 Å². The zero-order valence-electron chi connectivity index (χ0n) is 12.3. The maximum Gasteiger partial charge on any atom is 0.370 e. The van der Waals surface area contributed by atoms with E-state index in [4.69, 9.17) is 15.6 Å². The van der Waals surface area contributed by atoms with Crippen LogP contribution in [0.15, 0.2) is 11.8 Å². The second-order valence-electron chi connectivity index (χ2n) is 4.69. The summed E-state index contributed by atoms with van der Waals surface area (Å²) in [7, 11) is 0. The third kappa shape index (κ3) is 3.94. The van der Waals surface area contributed by atoms with Crippen LogP contribution in [0.25, 0.3) is 0 Å². The maximum atomic E-state index is 12.4. The van der Waals surface area contributed by atoms with Crippen LogP contribution >= 0.6 is 0 Å². The van der Waals surface area contributed by atoms with Gasteiger partial charge in [0.25, 0.3) is 5.91 Å². The van der Waals surface area contributed by atoms with E-state index in [1.165, 1.54) is 17.9 Å². The summed E-state index contributed by atoms with van der Waals surface area (Å²) in [4.78, 5) is 36.2. The summed E-state index contributed by atoms with van der Waals surface area (Å²) in [5.41, 5.74) is 5.86. The Balaban J connectivity index is 3.09. The molecule has 0 saturated heterocycles. The molecule has 0 radical (unpaired) electrons. The van der Waals surface area contributed by atoms with Crippen LogP contribution in [0.2, 0.25) is 0 Å². The SMILES string of the molecule is CCN(CC)C(=O)[C@@H]1OC(C(=O)O)=CC(N)C1NC(C)=O. The van der Waals surface area contributed by atoms with Crippen LogP contribution in [-0.2, 0) is 19.1 Å². The topological polar surface area (TPSA) is 122 Å². The van der Waals surface area contributed by atoms with Crippen molar-refractivity contribution >= 4 is 17.8 Å². The highest BCUT2D eigenvalue weighted by atomic mass is 16.5. The summed E-state index contributed by atoms with van der Waals surface area (Å²) >= 11 is 0. The first-order valence-corrected chi connectivity index (χ1v) is 6.75. The molecule has 3 atom stereocenters. The van der Waals surface area contributed by atoms with Crippen molar-refractivity contribution in [1.29, 1.82) is 0 Å². The van der Waals surface area contributed by atoms with Crippen molar-refractivity contribution in [3.05, 3.63) is 11.8 Å². The molecule has 0 aromatic heterocycles. The Morgan fingerprint density at radius 3 is 2.38 bits per heavy atom. The molecule has 4 N–H and O–H groups in total. The van der Waals surface area contributed by atoms with Crippen LogP contribution in [-0.4, -0.2) is 59.1 Å². The van der Waals surface area contributed by atoms with Crippen molar-refractivity contribution in [3.8, 4) is 0 Å². The molecule has 118 valence electrons. The van der Waals surface area contributed by atoms with Crippen molar-refractivity contribution in [2.75, 3.05) is 13.1 Å². The van der Waals surface area contributed by atoms with Gasteiger partial charge in [0.1, 0.15) is 0 Å². The first-order chi connectivity index (χ1) is 9.81. The standard InChI is InChI=1S/C13H21N3O5/c1-4-16(5-2)12(18)11-10(15-7(3)17)8(14)6-9(21-11)13(19)20/h6,8,10-11H,4-5,14H2,1-3H3,(H,15,17)(H,19,20)/t8?,10?,11-/m1/s1. The number of amides is 2. The van der Waals surface area contributed by atoms with Gasteiger partial charge in [-0.2, -0.15) is 0 Å². The predicted octanol–water partition coefficient (Wildman–Crippen LogP) is -0.946. The third-order valence-corrected chi connectivity index (χ3v) is 3.24. The molecule has 0 aromatic rings. The molecule has 0 bridgehead atoms. The summed E-state index contributed by atoms with van der Waals surface area (Å²) in [6.45, 7) is 5.78. The summed E-state index contributed by atoms with van der Waals surface area (Å²) in [5, 5.41) is 11.6. The minimum absolute atomic E-state index is 0.372.